The topological polar surface area (TPSA) is 67.2 Å². The number of rotatable bonds is 5. The zero-order valence-corrected chi connectivity index (χ0v) is 20.0. The Morgan fingerprint density at radius 3 is 2.19 bits per heavy atom. The number of aromatic nitrogens is 2. The zero-order valence-electron chi connectivity index (χ0n) is 20.0. The summed E-state index contributed by atoms with van der Waals surface area (Å²) in [5.74, 6) is 0.112. The van der Waals surface area contributed by atoms with Gasteiger partial charge in [-0.2, -0.15) is 5.10 Å². The molecule has 0 saturated carbocycles. The second-order valence-corrected chi connectivity index (χ2v) is 9.44. The van der Waals surface area contributed by atoms with E-state index in [1.165, 1.54) is 4.90 Å². The van der Waals surface area contributed by atoms with Crippen LogP contribution in [-0.4, -0.2) is 40.1 Å². The predicted octanol–water partition coefficient (Wildman–Crippen LogP) is 4.81. The molecule has 2 aromatic carbocycles. The van der Waals surface area contributed by atoms with E-state index in [1.54, 1.807) is 23.9 Å². The number of hydrogen-bond acceptors (Lipinski definition) is 3. The van der Waals surface area contributed by atoms with E-state index in [0.29, 0.717) is 11.4 Å². The summed E-state index contributed by atoms with van der Waals surface area (Å²) in [6.07, 6.45) is 0. The molecule has 0 aliphatic carbocycles. The molecular weight excluding hydrogens is 400 g/mol. The highest BCUT2D eigenvalue weighted by Crippen LogP contribution is 2.27. The first-order chi connectivity index (χ1) is 15.0. The molecule has 0 unspecified atom stereocenters. The van der Waals surface area contributed by atoms with Gasteiger partial charge in [-0.15, -0.1) is 0 Å². The van der Waals surface area contributed by atoms with Gasteiger partial charge in [0, 0.05) is 24.1 Å². The second kappa shape index (κ2) is 8.99. The molecule has 0 spiro atoms. The molecule has 0 aliphatic rings. The van der Waals surface area contributed by atoms with E-state index in [2.05, 4.69) is 32.2 Å². The largest absolute Gasteiger partial charge is 0.332 e. The van der Waals surface area contributed by atoms with Gasteiger partial charge in [-0.1, -0.05) is 56.2 Å². The first-order valence-electron chi connectivity index (χ1n) is 10.8. The molecule has 0 saturated heterocycles. The number of anilines is 1. The number of carbonyl (C=O) groups is 2. The lowest BCUT2D eigenvalue weighted by atomic mass is 9.92. The number of benzene rings is 2. The van der Waals surface area contributed by atoms with E-state index in [0.717, 1.165) is 28.1 Å². The van der Waals surface area contributed by atoms with Crippen LogP contribution in [0.4, 0.5) is 5.82 Å². The minimum atomic E-state index is -0.278. The van der Waals surface area contributed by atoms with E-state index in [9.17, 15) is 9.59 Å². The number of aryl methyl sites for hydroxylation is 3. The molecule has 32 heavy (non-hydrogen) atoms. The van der Waals surface area contributed by atoms with Crippen LogP contribution >= 0.6 is 0 Å². The Balaban J connectivity index is 1.84. The minimum absolute atomic E-state index is 0.0599. The van der Waals surface area contributed by atoms with E-state index in [-0.39, 0.29) is 23.8 Å². The number of likely N-dealkylation sites (N-methyl/N-ethyl adjacent to an activating group) is 1. The fourth-order valence-electron chi connectivity index (χ4n) is 3.45. The highest BCUT2D eigenvalue weighted by atomic mass is 16.2. The number of amides is 2. The third-order valence-electron chi connectivity index (χ3n) is 5.35. The Morgan fingerprint density at radius 1 is 0.969 bits per heavy atom. The highest BCUT2D eigenvalue weighted by molar-refractivity contribution is 5.99. The van der Waals surface area contributed by atoms with Crippen molar-refractivity contribution in [3.05, 3.63) is 76.5 Å². The SMILES string of the molecule is Cc1ccc(C(=O)N(C)CC(=O)Nc2cc(C(C)(C)C)nn2-c2ccc(C)cc2C)cc1. The zero-order chi connectivity index (χ0) is 23.6. The summed E-state index contributed by atoms with van der Waals surface area (Å²) < 4.78 is 1.77. The molecule has 6 heteroatoms. The van der Waals surface area contributed by atoms with Crippen LogP contribution < -0.4 is 5.32 Å². The Labute approximate surface area is 190 Å². The van der Waals surface area contributed by atoms with Gasteiger partial charge in [0.25, 0.3) is 5.91 Å². The monoisotopic (exact) mass is 432 g/mol. The van der Waals surface area contributed by atoms with Crippen LogP contribution in [0.5, 0.6) is 0 Å². The van der Waals surface area contributed by atoms with Crippen molar-refractivity contribution in [1.82, 2.24) is 14.7 Å². The van der Waals surface area contributed by atoms with Gasteiger partial charge in [0.05, 0.1) is 17.9 Å². The first kappa shape index (κ1) is 23.3. The van der Waals surface area contributed by atoms with Gasteiger partial charge in [-0.05, 0) is 44.5 Å². The molecule has 0 aliphatic heterocycles. The van der Waals surface area contributed by atoms with Gasteiger partial charge in [0.15, 0.2) is 0 Å². The first-order valence-corrected chi connectivity index (χ1v) is 10.8. The number of nitrogens with zero attached hydrogens (tertiary/aromatic N) is 3. The molecule has 1 N–H and O–H groups in total. The highest BCUT2D eigenvalue weighted by Gasteiger charge is 2.23. The molecule has 6 nitrogen and oxygen atoms in total. The Bertz CT molecular complexity index is 1140. The Kier molecular flexibility index (Phi) is 6.53. The van der Waals surface area contributed by atoms with E-state index >= 15 is 0 Å². The molecule has 1 heterocycles. The summed E-state index contributed by atoms with van der Waals surface area (Å²) in [7, 11) is 1.63. The van der Waals surface area contributed by atoms with Crippen LogP contribution in [0.25, 0.3) is 5.69 Å². The summed E-state index contributed by atoms with van der Waals surface area (Å²) in [6.45, 7) is 12.2. The van der Waals surface area contributed by atoms with Crippen molar-refractivity contribution >= 4 is 17.6 Å². The molecule has 168 valence electrons. The maximum absolute atomic E-state index is 12.8. The van der Waals surface area contributed by atoms with Crippen molar-refractivity contribution in [3.63, 3.8) is 0 Å². The standard InChI is InChI=1S/C26H32N4O2/c1-17-8-11-20(12-9-17)25(32)29(7)16-24(31)27-23-15-22(26(4,5)6)28-30(23)21-13-10-18(2)14-19(21)3/h8-15H,16H2,1-7H3,(H,27,31). The maximum atomic E-state index is 12.8. The van der Waals surface area contributed by atoms with Crippen molar-refractivity contribution in [2.75, 3.05) is 18.9 Å². The normalized spacial score (nSPS) is 11.3. The van der Waals surface area contributed by atoms with Crippen molar-refractivity contribution in [2.45, 2.75) is 47.0 Å². The van der Waals surface area contributed by atoms with Crippen molar-refractivity contribution in [2.24, 2.45) is 0 Å². The summed E-state index contributed by atoms with van der Waals surface area (Å²) in [6, 6.07) is 15.3. The summed E-state index contributed by atoms with van der Waals surface area (Å²) >= 11 is 0. The van der Waals surface area contributed by atoms with Crippen LogP contribution in [0.15, 0.2) is 48.5 Å². The van der Waals surface area contributed by atoms with Crippen LogP contribution in [-0.2, 0) is 10.2 Å². The molecule has 3 aromatic rings. The number of carbonyl (C=O) groups excluding carboxylic acids is 2. The Hall–Kier alpha value is -3.41. The fourth-order valence-corrected chi connectivity index (χ4v) is 3.45. The predicted molar refractivity (Wildman–Crippen MR) is 129 cm³/mol. The lowest BCUT2D eigenvalue weighted by Crippen LogP contribution is -2.35. The van der Waals surface area contributed by atoms with Crippen molar-refractivity contribution < 1.29 is 9.59 Å². The quantitative estimate of drug-likeness (QED) is 0.629. The molecule has 0 fully saturated rings. The van der Waals surface area contributed by atoms with E-state index in [1.807, 2.05) is 51.1 Å². The summed E-state index contributed by atoms with van der Waals surface area (Å²) in [5.41, 5.74) is 5.47. The van der Waals surface area contributed by atoms with Gasteiger partial charge in [-0.3, -0.25) is 9.59 Å². The van der Waals surface area contributed by atoms with E-state index < -0.39 is 0 Å². The lowest BCUT2D eigenvalue weighted by molar-refractivity contribution is -0.116. The van der Waals surface area contributed by atoms with E-state index in [4.69, 9.17) is 5.10 Å². The maximum Gasteiger partial charge on any atom is 0.254 e. The third kappa shape index (κ3) is 5.25. The van der Waals surface area contributed by atoms with Crippen LogP contribution in [0.2, 0.25) is 0 Å². The molecular formula is C26H32N4O2. The molecule has 0 atom stereocenters. The Morgan fingerprint density at radius 2 is 1.59 bits per heavy atom. The van der Waals surface area contributed by atoms with Gasteiger partial charge >= 0.3 is 0 Å². The van der Waals surface area contributed by atoms with Crippen molar-refractivity contribution in [3.8, 4) is 5.69 Å². The lowest BCUT2D eigenvalue weighted by Gasteiger charge is -2.17. The van der Waals surface area contributed by atoms with Gasteiger partial charge < -0.3 is 10.2 Å². The minimum Gasteiger partial charge on any atom is -0.332 e. The summed E-state index contributed by atoms with van der Waals surface area (Å²) in [5, 5.41) is 7.74. The smallest absolute Gasteiger partial charge is 0.254 e. The molecule has 1 aromatic heterocycles. The number of hydrogen-bond donors (Lipinski definition) is 1. The second-order valence-electron chi connectivity index (χ2n) is 9.44. The fraction of sp³-hybridized carbons (Fsp3) is 0.346. The van der Waals surface area contributed by atoms with Crippen LogP contribution in [0.1, 0.15) is 53.5 Å². The summed E-state index contributed by atoms with van der Waals surface area (Å²) in [4.78, 5) is 26.9. The van der Waals surface area contributed by atoms with Crippen LogP contribution in [0, 0.1) is 20.8 Å². The molecule has 0 radical (unpaired) electrons. The van der Waals surface area contributed by atoms with Crippen molar-refractivity contribution in [1.29, 1.82) is 0 Å². The number of nitrogens with one attached hydrogen (secondary N) is 1. The molecule has 0 bridgehead atoms. The molecule has 2 amide bonds. The average Bonchev–Trinajstić information content (AvgIpc) is 3.11. The van der Waals surface area contributed by atoms with Gasteiger partial charge in [0.2, 0.25) is 5.91 Å². The average molecular weight is 433 g/mol. The molecule has 3 rings (SSSR count). The van der Waals surface area contributed by atoms with Gasteiger partial charge in [0.1, 0.15) is 5.82 Å². The third-order valence-corrected chi connectivity index (χ3v) is 5.35. The van der Waals surface area contributed by atoms with Gasteiger partial charge in [-0.25, -0.2) is 4.68 Å². The van der Waals surface area contributed by atoms with Crippen LogP contribution in [0.3, 0.4) is 0 Å².